The number of benzene rings is 2. The SMILES string of the molecule is Cc1ccccc1C=CCN1C(=O)c2ccccc2C1=O. The van der Waals surface area contributed by atoms with Crippen LogP contribution in [-0.2, 0) is 0 Å². The summed E-state index contributed by atoms with van der Waals surface area (Å²) in [6.07, 6.45) is 3.79. The Morgan fingerprint density at radius 2 is 1.48 bits per heavy atom. The Morgan fingerprint density at radius 1 is 0.905 bits per heavy atom. The molecule has 2 aromatic carbocycles. The number of imide groups is 1. The second-order valence-electron chi connectivity index (χ2n) is 5.03. The Bertz CT molecular complexity index is 711. The average molecular weight is 277 g/mol. The molecular weight excluding hydrogens is 262 g/mol. The maximum absolute atomic E-state index is 12.2. The Morgan fingerprint density at radius 3 is 2.10 bits per heavy atom. The van der Waals surface area contributed by atoms with Gasteiger partial charge >= 0.3 is 0 Å². The van der Waals surface area contributed by atoms with Crippen molar-refractivity contribution in [3.63, 3.8) is 0 Å². The normalized spacial score (nSPS) is 14.0. The van der Waals surface area contributed by atoms with E-state index in [1.807, 2.05) is 43.3 Å². The smallest absolute Gasteiger partial charge is 0.261 e. The minimum atomic E-state index is -0.218. The first-order valence-corrected chi connectivity index (χ1v) is 6.86. The molecular formula is C18H15NO2. The molecule has 0 aliphatic carbocycles. The largest absolute Gasteiger partial charge is 0.270 e. The molecule has 0 saturated heterocycles. The molecule has 3 rings (SSSR count). The third-order valence-corrected chi connectivity index (χ3v) is 3.65. The lowest BCUT2D eigenvalue weighted by Crippen LogP contribution is -2.29. The van der Waals surface area contributed by atoms with Gasteiger partial charge in [-0.15, -0.1) is 0 Å². The lowest BCUT2D eigenvalue weighted by atomic mass is 10.1. The van der Waals surface area contributed by atoms with Crippen LogP contribution in [0.25, 0.3) is 6.08 Å². The molecule has 1 heterocycles. The molecule has 104 valence electrons. The third-order valence-electron chi connectivity index (χ3n) is 3.65. The molecule has 0 spiro atoms. The van der Waals surface area contributed by atoms with Crippen molar-refractivity contribution in [2.75, 3.05) is 6.54 Å². The number of carbonyl (C=O) groups excluding carboxylic acids is 2. The van der Waals surface area contributed by atoms with Gasteiger partial charge in [-0.25, -0.2) is 0 Å². The van der Waals surface area contributed by atoms with Crippen LogP contribution >= 0.6 is 0 Å². The molecule has 21 heavy (non-hydrogen) atoms. The van der Waals surface area contributed by atoms with Crippen LogP contribution in [0.2, 0.25) is 0 Å². The molecule has 2 aromatic rings. The van der Waals surface area contributed by atoms with Gasteiger partial charge in [0.15, 0.2) is 0 Å². The van der Waals surface area contributed by atoms with E-state index in [0.29, 0.717) is 17.7 Å². The molecule has 0 unspecified atom stereocenters. The van der Waals surface area contributed by atoms with Crippen LogP contribution in [0.4, 0.5) is 0 Å². The summed E-state index contributed by atoms with van der Waals surface area (Å²) in [6.45, 7) is 2.32. The Hall–Kier alpha value is -2.68. The number of nitrogens with zero attached hydrogens (tertiary/aromatic N) is 1. The highest BCUT2D eigenvalue weighted by molar-refractivity contribution is 6.21. The molecule has 3 heteroatoms. The van der Waals surface area contributed by atoms with Crippen molar-refractivity contribution in [3.8, 4) is 0 Å². The van der Waals surface area contributed by atoms with E-state index in [1.165, 1.54) is 4.90 Å². The minimum Gasteiger partial charge on any atom is -0.270 e. The number of fused-ring (bicyclic) bond motifs is 1. The van der Waals surface area contributed by atoms with Crippen molar-refractivity contribution in [2.24, 2.45) is 0 Å². The van der Waals surface area contributed by atoms with Crippen molar-refractivity contribution in [2.45, 2.75) is 6.92 Å². The molecule has 2 amide bonds. The quantitative estimate of drug-likeness (QED) is 0.807. The highest BCUT2D eigenvalue weighted by atomic mass is 16.2. The first-order chi connectivity index (χ1) is 10.2. The predicted octanol–water partition coefficient (Wildman–Crippen LogP) is 3.30. The van der Waals surface area contributed by atoms with Crippen LogP contribution in [-0.4, -0.2) is 23.3 Å². The second-order valence-corrected chi connectivity index (χ2v) is 5.03. The fraction of sp³-hybridized carbons (Fsp3) is 0.111. The third kappa shape index (κ3) is 2.38. The van der Waals surface area contributed by atoms with Gasteiger partial charge in [-0.1, -0.05) is 48.6 Å². The Balaban J connectivity index is 1.77. The molecule has 0 aromatic heterocycles. The predicted molar refractivity (Wildman–Crippen MR) is 82.0 cm³/mol. The van der Waals surface area contributed by atoms with Crippen molar-refractivity contribution in [3.05, 3.63) is 76.9 Å². The van der Waals surface area contributed by atoms with E-state index in [0.717, 1.165) is 11.1 Å². The van der Waals surface area contributed by atoms with Crippen LogP contribution in [0, 0.1) is 6.92 Å². The van der Waals surface area contributed by atoms with Crippen molar-refractivity contribution < 1.29 is 9.59 Å². The van der Waals surface area contributed by atoms with Gasteiger partial charge in [0.25, 0.3) is 11.8 Å². The fourth-order valence-corrected chi connectivity index (χ4v) is 2.46. The number of hydrogen-bond donors (Lipinski definition) is 0. The number of hydrogen-bond acceptors (Lipinski definition) is 2. The molecule has 0 atom stereocenters. The maximum Gasteiger partial charge on any atom is 0.261 e. The molecule has 1 aliphatic heterocycles. The minimum absolute atomic E-state index is 0.218. The van der Waals surface area contributed by atoms with Crippen LogP contribution in [0.15, 0.2) is 54.6 Å². The number of aryl methyl sites for hydroxylation is 1. The summed E-state index contributed by atoms with van der Waals surface area (Å²) in [5.74, 6) is -0.435. The Labute approximate surface area is 123 Å². The van der Waals surface area contributed by atoms with Gasteiger partial charge in [-0.05, 0) is 30.2 Å². The van der Waals surface area contributed by atoms with Crippen LogP contribution in [0.5, 0.6) is 0 Å². The van der Waals surface area contributed by atoms with Crippen molar-refractivity contribution in [1.29, 1.82) is 0 Å². The molecule has 0 radical (unpaired) electrons. The van der Waals surface area contributed by atoms with Gasteiger partial charge < -0.3 is 0 Å². The van der Waals surface area contributed by atoms with Crippen molar-refractivity contribution in [1.82, 2.24) is 4.90 Å². The van der Waals surface area contributed by atoms with Gasteiger partial charge in [-0.3, -0.25) is 14.5 Å². The average Bonchev–Trinajstić information content (AvgIpc) is 2.74. The number of amides is 2. The number of rotatable bonds is 3. The zero-order valence-electron chi connectivity index (χ0n) is 11.7. The van der Waals surface area contributed by atoms with Crippen molar-refractivity contribution >= 4 is 17.9 Å². The van der Waals surface area contributed by atoms with E-state index in [1.54, 1.807) is 24.3 Å². The zero-order valence-corrected chi connectivity index (χ0v) is 11.7. The van der Waals surface area contributed by atoms with Gasteiger partial charge in [-0.2, -0.15) is 0 Å². The van der Waals surface area contributed by atoms with E-state index >= 15 is 0 Å². The first kappa shape index (κ1) is 13.3. The van der Waals surface area contributed by atoms with E-state index in [2.05, 4.69) is 0 Å². The molecule has 1 aliphatic rings. The lowest BCUT2D eigenvalue weighted by molar-refractivity contribution is 0.0672. The topological polar surface area (TPSA) is 37.4 Å². The van der Waals surface area contributed by atoms with Gasteiger partial charge in [0.05, 0.1) is 11.1 Å². The summed E-state index contributed by atoms with van der Waals surface area (Å²) in [5, 5.41) is 0. The monoisotopic (exact) mass is 277 g/mol. The molecule has 3 nitrogen and oxygen atoms in total. The molecule has 0 saturated carbocycles. The summed E-state index contributed by atoms with van der Waals surface area (Å²) < 4.78 is 0. The van der Waals surface area contributed by atoms with Gasteiger partial charge in [0, 0.05) is 6.54 Å². The van der Waals surface area contributed by atoms with Crippen LogP contribution in [0.3, 0.4) is 0 Å². The summed E-state index contributed by atoms with van der Waals surface area (Å²) >= 11 is 0. The number of carbonyl (C=O) groups is 2. The summed E-state index contributed by atoms with van der Waals surface area (Å²) in [6, 6.07) is 14.9. The highest BCUT2D eigenvalue weighted by Gasteiger charge is 2.33. The fourth-order valence-electron chi connectivity index (χ4n) is 2.46. The van der Waals surface area contributed by atoms with E-state index in [-0.39, 0.29) is 11.8 Å². The Kier molecular flexibility index (Phi) is 3.40. The summed E-state index contributed by atoms with van der Waals surface area (Å²) in [4.78, 5) is 25.7. The summed E-state index contributed by atoms with van der Waals surface area (Å²) in [7, 11) is 0. The van der Waals surface area contributed by atoms with Crippen LogP contribution in [0.1, 0.15) is 31.8 Å². The van der Waals surface area contributed by atoms with E-state index in [4.69, 9.17) is 0 Å². The van der Waals surface area contributed by atoms with E-state index < -0.39 is 0 Å². The first-order valence-electron chi connectivity index (χ1n) is 6.86. The lowest BCUT2D eigenvalue weighted by Gasteiger charge is -2.10. The van der Waals surface area contributed by atoms with Crippen LogP contribution < -0.4 is 0 Å². The molecule has 0 fully saturated rings. The maximum atomic E-state index is 12.2. The zero-order chi connectivity index (χ0) is 14.8. The van der Waals surface area contributed by atoms with E-state index in [9.17, 15) is 9.59 Å². The standard InChI is InChI=1S/C18H15NO2/c1-13-7-2-3-8-14(13)9-6-12-19-17(20)15-10-4-5-11-16(15)18(19)21/h2-11H,12H2,1H3. The molecule has 0 N–H and O–H groups in total. The van der Waals surface area contributed by atoms with Gasteiger partial charge in [0.1, 0.15) is 0 Å². The second kappa shape index (κ2) is 5.37. The summed E-state index contributed by atoms with van der Waals surface area (Å²) in [5.41, 5.74) is 3.24. The van der Waals surface area contributed by atoms with Gasteiger partial charge in [0.2, 0.25) is 0 Å². The molecule has 0 bridgehead atoms. The highest BCUT2D eigenvalue weighted by Crippen LogP contribution is 2.22.